The van der Waals surface area contributed by atoms with Crippen LogP contribution in [0.25, 0.3) is 0 Å². The summed E-state index contributed by atoms with van der Waals surface area (Å²) < 4.78 is 28.5. The zero-order chi connectivity index (χ0) is 10.9. The number of rotatable bonds is 2. The molecule has 0 amide bonds. The van der Waals surface area contributed by atoms with Crippen LogP contribution in [-0.2, 0) is 9.84 Å². The summed E-state index contributed by atoms with van der Waals surface area (Å²) in [4.78, 5) is 3.82. The van der Waals surface area contributed by atoms with Crippen LogP contribution in [0.5, 0.6) is 0 Å². The van der Waals surface area contributed by atoms with E-state index in [9.17, 15) is 8.42 Å². The Balaban J connectivity index is 2.52. The second-order valence-electron chi connectivity index (χ2n) is 3.11. The number of nitrogens with zero attached hydrogens (tertiary/aromatic N) is 1. The fourth-order valence-corrected chi connectivity index (χ4v) is 2.24. The highest BCUT2D eigenvalue weighted by Crippen LogP contribution is 2.18. The van der Waals surface area contributed by atoms with Gasteiger partial charge in [0.15, 0.2) is 0 Å². The molecule has 1 heterocycles. The first kappa shape index (κ1) is 9.92. The molecule has 0 spiro atoms. The van der Waals surface area contributed by atoms with E-state index in [-0.39, 0.29) is 10.1 Å². The van der Waals surface area contributed by atoms with E-state index in [1.807, 2.05) is 6.92 Å². The molecule has 0 saturated carbocycles. The van der Waals surface area contributed by atoms with Crippen molar-refractivity contribution in [1.82, 2.24) is 4.98 Å². The molecule has 0 aliphatic heterocycles. The first-order valence-corrected chi connectivity index (χ1v) is 5.80. The highest BCUT2D eigenvalue weighted by atomic mass is 32.2. The summed E-state index contributed by atoms with van der Waals surface area (Å²) in [5.74, 6) is 0. The molecular formula is C10H9NO3S. The van der Waals surface area contributed by atoms with Crippen LogP contribution < -0.4 is 0 Å². The standard InChI is InChI=1S/C10H9NO3S/c1-8-2-4-9(5-3-8)15(12,13)10-11-6-7-14-10/h2-7H,1H3. The minimum atomic E-state index is -3.59. The van der Waals surface area contributed by atoms with Crippen molar-refractivity contribution in [3.63, 3.8) is 0 Å². The van der Waals surface area contributed by atoms with E-state index in [4.69, 9.17) is 4.42 Å². The Kier molecular flexibility index (Phi) is 2.32. The van der Waals surface area contributed by atoms with Crippen molar-refractivity contribution in [1.29, 1.82) is 0 Å². The fraction of sp³-hybridized carbons (Fsp3) is 0.100. The van der Waals surface area contributed by atoms with Gasteiger partial charge in [-0.25, -0.2) is 13.4 Å². The molecule has 2 rings (SSSR count). The van der Waals surface area contributed by atoms with Crippen molar-refractivity contribution >= 4 is 9.84 Å². The number of sulfone groups is 1. The molecular weight excluding hydrogens is 214 g/mol. The Labute approximate surface area is 87.5 Å². The number of hydrogen-bond donors (Lipinski definition) is 0. The molecule has 0 N–H and O–H groups in total. The monoisotopic (exact) mass is 223 g/mol. The lowest BCUT2D eigenvalue weighted by atomic mass is 10.2. The molecule has 1 aromatic heterocycles. The van der Waals surface area contributed by atoms with Crippen LogP contribution in [0.3, 0.4) is 0 Å². The van der Waals surface area contributed by atoms with Crippen molar-refractivity contribution < 1.29 is 12.8 Å². The highest BCUT2D eigenvalue weighted by molar-refractivity contribution is 7.91. The van der Waals surface area contributed by atoms with Gasteiger partial charge >= 0.3 is 5.22 Å². The van der Waals surface area contributed by atoms with E-state index in [2.05, 4.69) is 4.98 Å². The number of benzene rings is 1. The maximum absolute atomic E-state index is 11.8. The molecule has 5 heteroatoms. The van der Waals surface area contributed by atoms with Crippen molar-refractivity contribution in [2.24, 2.45) is 0 Å². The van der Waals surface area contributed by atoms with Crippen molar-refractivity contribution in [2.75, 3.05) is 0 Å². The van der Waals surface area contributed by atoms with Crippen LogP contribution in [0.4, 0.5) is 0 Å². The molecule has 4 nitrogen and oxygen atoms in total. The van der Waals surface area contributed by atoms with Crippen molar-refractivity contribution in [3.05, 3.63) is 42.3 Å². The molecule has 1 aromatic carbocycles. The van der Waals surface area contributed by atoms with Crippen LogP contribution in [0, 0.1) is 6.92 Å². The van der Waals surface area contributed by atoms with Crippen LogP contribution >= 0.6 is 0 Å². The molecule has 0 saturated heterocycles. The summed E-state index contributed by atoms with van der Waals surface area (Å²) in [6.45, 7) is 1.89. The molecule has 0 unspecified atom stereocenters. The van der Waals surface area contributed by atoms with Gasteiger partial charge in [-0.05, 0) is 19.1 Å². The number of hydrogen-bond acceptors (Lipinski definition) is 4. The van der Waals surface area contributed by atoms with Crippen LogP contribution in [0.2, 0.25) is 0 Å². The van der Waals surface area contributed by atoms with E-state index in [0.717, 1.165) is 5.56 Å². The first-order valence-electron chi connectivity index (χ1n) is 4.32. The SMILES string of the molecule is Cc1ccc(S(=O)(=O)c2ncco2)cc1. The van der Waals surface area contributed by atoms with Gasteiger partial charge in [0.1, 0.15) is 6.26 Å². The predicted octanol–water partition coefficient (Wildman–Crippen LogP) is 1.82. The molecule has 0 bridgehead atoms. The summed E-state index contributed by atoms with van der Waals surface area (Å²) in [6, 6.07) is 6.54. The van der Waals surface area contributed by atoms with Gasteiger partial charge < -0.3 is 4.42 Å². The third kappa shape index (κ3) is 1.78. The molecule has 0 fully saturated rings. The lowest BCUT2D eigenvalue weighted by Crippen LogP contribution is -2.01. The largest absolute Gasteiger partial charge is 0.436 e. The smallest absolute Gasteiger partial charge is 0.319 e. The van der Waals surface area contributed by atoms with Crippen LogP contribution in [-0.4, -0.2) is 13.4 Å². The normalized spacial score (nSPS) is 11.5. The average Bonchev–Trinajstić information content (AvgIpc) is 2.71. The summed E-state index contributed by atoms with van der Waals surface area (Å²) in [5.41, 5.74) is 1.00. The van der Waals surface area contributed by atoms with Gasteiger partial charge in [-0.3, -0.25) is 0 Å². The van der Waals surface area contributed by atoms with Gasteiger partial charge in [0, 0.05) is 0 Å². The maximum Gasteiger partial charge on any atom is 0.319 e. The average molecular weight is 223 g/mol. The second-order valence-corrected chi connectivity index (χ2v) is 4.94. The van der Waals surface area contributed by atoms with E-state index >= 15 is 0 Å². The van der Waals surface area contributed by atoms with Gasteiger partial charge in [-0.2, -0.15) is 0 Å². The lowest BCUT2D eigenvalue weighted by Gasteiger charge is -1.99. The van der Waals surface area contributed by atoms with Crippen LogP contribution in [0.1, 0.15) is 5.56 Å². The van der Waals surface area contributed by atoms with Gasteiger partial charge in [-0.15, -0.1) is 0 Å². The number of aromatic nitrogens is 1. The molecule has 15 heavy (non-hydrogen) atoms. The zero-order valence-electron chi connectivity index (χ0n) is 8.04. The van der Waals surface area contributed by atoms with Gasteiger partial charge in [0.2, 0.25) is 0 Å². The van der Waals surface area contributed by atoms with Gasteiger partial charge in [0.25, 0.3) is 9.84 Å². The molecule has 0 aliphatic rings. The summed E-state index contributed by atoms with van der Waals surface area (Å²) in [6.07, 6.45) is 2.54. The number of aryl methyl sites for hydroxylation is 1. The van der Waals surface area contributed by atoms with Crippen molar-refractivity contribution in [2.45, 2.75) is 17.0 Å². The number of oxazole rings is 1. The third-order valence-corrected chi connectivity index (χ3v) is 3.53. The van der Waals surface area contributed by atoms with Gasteiger partial charge in [0.05, 0.1) is 11.1 Å². The molecule has 2 aromatic rings. The van der Waals surface area contributed by atoms with E-state index in [1.165, 1.54) is 24.6 Å². The Morgan fingerprint density at radius 2 is 1.87 bits per heavy atom. The first-order chi connectivity index (χ1) is 7.10. The summed E-state index contributed by atoms with van der Waals surface area (Å²) >= 11 is 0. The minimum Gasteiger partial charge on any atom is -0.436 e. The van der Waals surface area contributed by atoms with Crippen LogP contribution in [0.15, 0.2) is 51.3 Å². The fourth-order valence-electron chi connectivity index (χ4n) is 1.16. The third-order valence-electron chi connectivity index (χ3n) is 1.97. The van der Waals surface area contributed by atoms with E-state index in [1.54, 1.807) is 12.1 Å². The lowest BCUT2D eigenvalue weighted by molar-refractivity contribution is 0.430. The quantitative estimate of drug-likeness (QED) is 0.779. The molecule has 78 valence electrons. The Hall–Kier alpha value is -1.62. The van der Waals surface area contributed by atoms with Gasteiger partial charge in [-0.1, -0.05) is 17.7 Å². The molecule has 0 atom stereocenters. The zero-order valence-corrected chi connectivity index (χ0v) is 8.86. The van der Waals surface area contributed by atoms with E-state index in [0.29, 0.717) is 0 Å². The Bertz CT molecular complexity index is 541. The maximum atomic E-state index is 11.8. The second kappa shape index (κ2) is 3.51. The predicted molar refractivity (Wildman–Crippen MR) is 53.1 cm³/mol. The molecule has 0 radical (unpaired) electrons. The topological polar surface area (TPSA) is 60.2 Å². The van der Waals surface area contributed by atoms with Crippen molar-refractivity contribution in [3.8, 4) is 0 Å². The Morgan fingerprint density at radius 1 is 1.20 bits per heavy atom. The highest BCUT2D eigenvalue weighted by Gasteiger charge is 2.21. The Morgan fingerprint density at radius 3 is 2.40 bits per heavy atom. The molecule has 0 aliphatic carbocycles. The minimum absolute atomic E-state index is 0.190. The summed E-state index contributed by atoms with van der Waals surface area (Å²) in [7, 11) is -3.59. The summed E-state index contributed by atoms with van der Waals surface area (Å²) in [5, 5.41) is -0.272. The van der Waals surface area contributed by atoms with E-state index < -0.39 is 9.84 Å².